The van der Waals surface area contributed by atoms with Gasteiger partial charge in [-0.05, 0) is 49.6 Å². The SMILES string of the molecule is CC1CCCC(N(C)Cc2cc(N)cc(F)c2)C1. The number of halogens is 1. The molecule has 0 radical (unpaired) electrons. The van der Waals surface area contributed by atoms with Crippen molar-refractivity contribution in [2.75, 3.05) is 12.8 Å². The number of nitrogens with zero attached hydrogens (tertiary/aromatic N) is 1. The highest BCUT2D eigenvalue weighted by atomic mass is 19.1. The number of benzene rings is 1. The fraction of sp³-hybridized carbons (Fsp3) is 0.600. The van der Waals surface area contributed by atoms with Crippen molar-refractivity contribution in [1.82, 2.24) is 4.90 Å². The Morgan fingerprint density at radius 2 is 2.11 bits per heavy atom. The van der Waals surface area contributed by atoms with Gasteiger partial charge in [0.05, 0.1) is 0 Å². The summed E-state index contributed by atoms with van der Waals surface area (Å²) in [5.41, 5.74) is 7.15. The summed E-state index contributed by atoms with van der Waals surface area (Å²) in [4.78, 5) is 2.34. The van der Waals surface area contributed by atoms with Crippen molar-refractivity contribution in [3.63, 3.8) is 0 Å². The minimum atomic E-state index is -0.240. The minimum Gasteiger partial charge on any atom is -0.399 e. The number of hydrogen-bond donors (Lipinski definition) is 1. The average molecular weight is 250 g/mol. The van der Waals surface area contributed by atoms with Gasteiger partial charge >= 0.3 is 0 Å². The summed E-state index contributed by atoms with van der Waals surface area (Å²) in [5, 5.41) is 0. The van der Waals surface area contributed by atoms with Crippen molar-refractivity contribution in [1.29, 1.82) is 0 Å². The molecule has 0 aliphatic heterocycles. The Balaban J connectivity index is 1.99. The van der Waals surface area contributed by atoms with Crippen LogP contribution in [0.1, 0.15) is 38.2 Å². The van der Waals surface area contributed by atoms with E-state index in [1.807, 2.05) is 6.07 Å². The van der Waals surface area contributed by atoms with Crippen LogP contribution < -0.4 is 5.73 Å². The van der Waals surface area contributed by atoms with Crippen molar-refractivity contribution >= 4 is 5.69 Å². The predicted octanol–water partition coefficient (Wildman–Crippen LogP) is 3.42. The van der Waals surface area contributed by atoms with Gasteiger partial charge in [-0.25, -0.2) is 4.39 Å². The van der Waals surface area contributed by atoms with Crippen molar-refractivity contribution in [2.24, 2.45) is 5.92 Å². The van der Waals surface area contributed by atoms with Crippen LogP contribution in [0.5, 0.6) is 0 Å². The first-order valence-corrected chi connectivity index (χ1v) is 6.80. The van der Waals surface area contributed by atoms with E-state index in [-0.39, 0.29) is 5.82 Å². The van der Waals surface area contributed by atoms with Gasteiger partial charge in [0.1, 0.15) is 5.82 Å². The van der Waals surface area contributed by atoms with E-state index in [1.165, 1.54) is 31.7 Å². The van der Waals surface area contributed by atoms with Crippen LogP contribution in [-0.2, 0) is 6.54 Å². The van der Waals surface area contributed by atoms with Crippen molar-refractivity contribution < 1.29 is 4.39 Å². The average Bonchev–Trinajstić information content (AvgIpc) is 2.27. The van der Waals surface area contributed by atoms with Crippen molar-refractivity contribution in [3.8, 4) is 0 Å². The number of hydrogen-bond acceptors (Lipinski definition) is 2. The topological polar surface area (TPSA) is 29.3 Å². The molecule has 2 rings (SSSR count). The first-order chi connectivity index (χ1) is 8.54. The monoisotopic (exact) mass is 250 g/mol. The van der Waals surface area contributed by atoms with Crippen molar-refractivity contribution in [2.45, 2.75) is 45.2 Å². The zero-order valence-corrected chi connectivity index (χ0v) is 11.3. The summed E-state index contributed by atoms with van der Waals surface area (Å²) in [6.07, 6.45) is 5.16. The molecule has 1 aromatic rings. The third-order valence-electron chi connectivity index (χ3n) is 3.94. The zero-order valence-electron chi connectivity index (χ0n) is 11.3. The van der Waals surface area contributed by atoms with Crippen LogP contribution in [0.4, 0.5) is 10.1 Å². The zero-order chi connectivity index (χ0) is 13.1. The molecule has 1 aliphatic rings. The molecule has 0 aromatic heterocycles. The van der Waals surface area contributed by atoms with E-state index in [1.54, 1.807) is 6.07 Å². The van der Waals surface area contributed by atoms with E-state index in [0.29, 0.717) is 11.7 Å². The Labute approximate surface area is 109 Å². The Morgan fingerprint density at radius 3 is 2.78 bits per heavy atom. The first-order valence-electron chi connectivity index (χ1n) is 6.80. The lowest BCUT2D eigenvalue weighted by Gasteiger charge is -2.34. The molecule has 2 nitrogen and oxygen atoms in total. The van der Waals surface area contributed by atoms with Gasteiger partial charge in [0, 0.05) is 18.3 Å². The standard InChI is InChI=1S/C15H23FN2/c1-11-4-3-5-15(6-11)18(2)10-12-7-13(16)9-14(17)8-12/h7-9,11,15H,3-6,10,17H2,1-2H3. The highest BCUT2D eigenvalue weighted by Gasteiger charge is 2.22. The Hall–Kier alpha value is -1.09. The maximum absolute atomic E-state index is 13.3. The molecule has 0 heterocycles. The molecule has 2 N–H and O–H groups in total. The molecular weight excluding hydrogens is 227 g/mol. The molecule has 1 aliphatic carbocycles. The maximum Gasteiger partial charge on any atom is 0.125 e. The van der Waals surface area contributed by atoms with Crippen LogP contribution in [0.2, 0.25) is 0 Å². The molecular formula is C15H23FN2. The van der Waals surface area contributed by atoms with Gasteiger partial charge in [-0.3, -0.25) is 4.90 Å². The van der Waals surface area contributed by atoms with E-state index < -0.39 is 0 Å². The number of nitrogen functional groups attached to an aromatic ring is 1. The Kier molecular flexibility index (Phi) is 4.23. The third-order valence-corrected chi connectivity index (χ3v) is 3.94. The Bertz CT molecular complexity index is 385. The van der Waals surface area contributed by atoms with E-state index in [4.69, 9.17) is 5.73 Å². The number of anilines is 1. The smallest absolute Gasteiger partial charge is 0.125 e. The molecule has 1 fully saturated rings. The van der Waals surface area contributed by atoms with E-state index >= 15 is 0 Å². The van der Waals surface area contributed by atoms with Crippen LogP contribution in [0.25, 0.3) is 0 Å². The molecule has 1 aromatic carbocycles. The van der Waals surface area contributed by atoms with E-state index in [2.05, 4.69) is 18.9 Å². The molecule has 2 unspecified atom stereocenters. The van der Waals surface area contributed by atoms with Crippen LogP contribution in [-0.4, -0.2) is 18.0 Å². The minimum absolute atomic E-state index is 0.240. The summed E-state index contributed by atoms with van der Waals surface area (Å²) < 4.78 is 13.3. The van der Waals surface area contributed by atoms with Gasteiger partial charge in [0.2, 0.25) is 0 Å². The second-order valence-corrected chi connectivity index (χ2v) is 5.73. The second-order valence-electron chi connectivity index (χ2n) is 5.73. The van der Waals surface area contributed by atoms with Crippen molar-refractivity contribution in [3.05, 3.63) is 29.6 Å². The molecule has 2 atom stereocenters. The second kappa shape index (κ2) is 5.70. The highest BCUT2D eigenvalue weighted by molar-refractivity contribution is 5.41. The van der Waals surface area contributed by atoms with Gasteiger partial charge in [-0.15, -0.1) is 0 Å². The fourth-order valence-electron chi connectivity index (χ4n) is 2.99. The summed E-state index contributed by atoms with van der Waals surface area (Å²) in [6.45, 7) is 3.10. The molecule has 0 spiro atoms. The van der Waals surface area contributed by atoms with Gasteiger partial charge in [0.15, 0.2) is 0 Å². The quantitative estimate of drug-likeness (QED) is 0.833. The van der Waals surface area contributed by atoms with E-state index in [0.717, 1.165) is 18.0 Å². The maximum atomic E-state index is 13.3. The lowest BCUT2D eigenvalue weighted by molar-refractivity contribution is 0.157. The summed E-state index contributed by atoms with van der Waals surface area (Å²) in [7, 11) is 2.13. The van der Waals surface area contributed by atoms with E-state index in [9.17, 15) is 4.39 Å². The lowest BCUT2D eigenvalue weighted by Crippen LogP contribution is -2.35. The summed E-state index contributed by atoms with van der Waals surface area (Å²) in [5.74, 6) is 0.569. The summed E-state index contributed by atoms with van der Waals surface area (Å²) in [6, 6.07) is 5.44. The van der Waals surface area contributed by atoms with Gasteiger partial charge < -0.3 is 5.73 Å². The third kappa shape index (κ3) is 3.45. The molecule has 100 valence electrons. The Morgan fingerprint density at radius 1 is 1.33 bits per heavy atom. The highest BCUT2D eigenvalue weighted by Crippen LogP contribution is 2.27. The van der Waals surface area contributed by atoms with Gasteiger partial charge in [-0.1, -0.05) is 19.8 Å². The molecule has 3 heteroatoms. The number of nitrogens with two attached hydrogens (primary N) is 1. The van der Waals surface area contributed by atoms with Crippen LogP contribution in [0.3, 0.4) is 0 Å². The van der Waals surface area contributed by atoms with Crippen LogP contribution >= 0.6 is 0 Å². The lowest BCUT2D eigenvalue weighted by atomic mass is 9.86. The van der Waals surface area contributed by atoms with Crippen LogP contribution in [0, 0.1) is 11.7 Å². The molecule has 0 bridgehead atoms. The normalized spacial score (nSPS) is 24.4. The fourth-order valence-corrected chi connectivity index (χ4v) is 2.99. The van der Waals surface area contributed by atoms with Gasteiger partial charge in [-0.2, -0.15) is 0 Å². The molecule has 0 saturated heterocycles. The first kappa shape index (κ1) is 13.3. The largest absolute Gasteiger partial charge is 0.399 e. The van der Waals surface area contributed by atoms with Gasteiger partial charge in [0.25, 0.3) is 0 Å². The van der Waals surface area contributed by atoms with Crippen LogP contribution in [0.15, 0.2) is 18.2 Å². The molecule has 0 amide bonds. The summed E-state index contributed by atoms with van der Waals surface area (Å²) >= 11 is 0. The molecule has 18 heavy (non-hydrogen) atoms. The molecule has 1 saturated carbocycles. The predicted molar refractivity (Wildman–Crippen MR) is 73.7 cm³/mol. The number of rotatable bonds is 3.